The first-order valence-electron chi connectivity index (χ1n) is 9.00. The second-order valence-corrected chi connectivity index (χ2v) is 8.00. The zero-order chi connectivity index (χ0) is 20.1. The minimum Gasteiger partial charge on any atom is -0.394 e. The Morgan fingerprint density at radius 3 is 2.46 bits per heavy atom. The summed E-state index contributed by atoms with van der Waals surface area (Å²) in [6.45, 7) is 3.98. The number of nitrogens with zero attached hydrogens (tertiary/aromatic N) is 2. The summed E-state index contributed by atoms with van der Waals surface area (Å²) in [5.41, 5.74) is 1.96. The molecule has 0 aliphatic carbocycles. The van der Waals surface area contributed by atoms with Crippen LogP contribution in [0.3, 0.4) is 0 Å². The second-order valence-electron chi connectivity index (χ2n) is 6.75. The van der Waals surface area contributed by atoms with Gasteiger partial charge < -0.3 is 15.7 Å². The summed E-state index contributed by atoms with van der Waals surface area (Å²) >= 11 is 2.07. The van der Waals surface area contributed by atoms with Crippen LogP contribution < -0.4 is 10.6 Å². The van der Waals surface area contributed by atoms with E-state index in [-0.39, 0.29) is 24.4 Å². The van der Waals surface area contributed by atoms with Crippen LogP contribution in [0.15, 0.2) is 54.6 Å². The lowest BCUT2D eigenvalue weighted by atomic mass is 10.1. The van der Waals surface area contributed by atoms with E-state index in [0.29, 0.717) is 23.1 Å². The monoisotopic (exact) mass is 492 g/mol. The van der Waals surface area contributed by atoms with Gasteiger partial charge in [0.25, 0.3) is 0 Å². The van der Waals surface area contributed by atoms with Crippen molar-refractivity contribution in [2.75, 3.05) is 17.2 Å². The molecular weight excluding hydrogens is 470 g/mol. The average molecular weight is 492 g/mol. The number of benzene rings is 2. The summed E-state index contributed by atoms with van der Waals surface area (Å²) in [6, 6.07) is 16.3. The molecule has 3 rings (SSSR count). The molecule has 1 aromatic heterocycles. The van der Waals surface area contributed by atoms with E-state index in [1.165, 1.54) is 6.07 Å². The molecule has 3 aromatic rings. The molecule has 5 nitrogen and oxygen atoms in total. The first-order chi connectivity index (χ1) is 13.5. The molecule has 28 heavy (non-hydrogen) atoms. The highest BCUT2D eigenvalue weighted by atomic mass is 127. The first-order valence-corrected chi connectivity index (χ1v) is 10.1. The van der Waals surface area contributed by atoms with Crippen LogP contribution >= 0.6 is 22.6 Å². The molecule has 7 heteroatoms. The molecule has 0 saturated carbocycles. The Labute approximate surface area is 177 Å². The van der Waals surface area contributed by atoms with Crippen molar-refractivity contribution in [3.05, 3.63) is 64.0 Å². The lowest BCUT2D eigenvalue weighted by Crippen LogP contribution is -2.30. The standard InChI is InChI=1S/C21H22FIN4O/c1-13(2)19(12-28)26-21-25-18(14-6-4-3-5-7-14)11-20(27-21)24-17-9-8-15(23)10-16(17)22/h3-11,13,19,28H,12H2,1-2H3,(H2,24,25,26,27)/t19-/m0/s1. The van der Waals surface area contributed by atoms with Crippen molar-refractivity contribution in [2.45, 2.75) is 19.9 Å². The fourth-order valence-electron chi connectivity index (χ4n) is 2.65. The van der Waals surface area contributed by atoms with Gasteiger partial charge in [-0.15, -0.1) is 0 Å². The number of aliphatic hydroxyl groups excluding tert-OH is 1. The largest absolute Gasteiger partial charge is 0.394 e. The maximum absolute atomic E-state index is 14.3. The zero-order valence-corrected chi connectivity index (χ0v) is 17.8. The van der Waals surface area contributed by atoms with Crippen LogP contribution in [0.2, 0.25) is 0 Å². The lowest BCUT2D eigenvalue weighted by molar-refractivity contribution is 0.248. The molecule has 0 saturated heterocycles. The molecule has 0 spiro atoms. The van der Waals surface area contributed by atoms with Crippen LogP contribution in [0.1, 0.15) is 13.8 Å². The van der Waals surface area contributed by atoms with Gasteiger partial charge in [0.15, 0.2) is 0 Å². The third kappa shape index (κ3) is 5.17. The van der Waals surface area contributed by atoms with Crippen molar-refractivity contribution in [3.63, 3.8) is 0 Å². The van der Waals surface area contributed by atoms with Crippen molar-refractivity contribution in [1.29, 1.82) is 0 Å². The minimum atomic E-state index is -0.350. The fourth-order valence-corrected chi connectivity index (χ4v) is 3.10. The Balaban J connectivity index is 1.99. The molecule has 0 fully saturated rings. The number of aliphatic hydroxyl groups is 1. The van der Waals surface area contributed by atoms with Crippen LogP contribution in [-0.4, -0.2) is 27.7 Å². The van der Waals surface area contributed by atoms with E-state index in [1.54, 1.807) is 12.1 Å². The molecule has 2 aromatic carbocycles. The van der Waals surface area contributed by atoms with E-state index in [0.717, 1.165) is 9.13 Å². The van der Waals surface area contributed by atoms with Crippen molar-refractivity contribution in [3.8, 4) is 11.3 Å². The van der Waals surface area contributed by atoms with Crippen LogP contribution in [0.5, 0.6) is 0 Å². The summed E-state index contributed by atoms with van der Waals surface area (Å²) in [7, 11) is 0. The van der Waals surface area contributed by atoms with Gasteiger partial charge in [0.2, 0.25) is 5.95 Å². The summed E-state index contributed by atoms with van der Waals surface area (Å²) < 4.78 is 15.1. The quantitative estimate of drug-likeness (QED) is 0.403. The van der Waals surface area contributed by atoms with E-state index >= 15 is 0 Å². The summed E-state index contributed by atoms with van der Waals surface area (Å²) in [5.74, 6) is 0.690. The van der Waals surface area contributed by atoms with Crippen molar-refractivity contribution in [1.82, 2.24) is 9.97 Å². The summed E-state index contributed by atoms with van der Waals surface area (Å²) in [4.78, 5) is 9.06. The van der Waals surface area contributed by atoms with E-state index in [4.69, 9.17) is 0 Å². The third-order valence-corrected chi connectivity index (χ3v) is 4.98. The van der Waals surface area contributed by atoms with Gasteiger partial charge in [-0.05, 0) is 46.7 Å². The van der Waals surface area contributed by atoms with Gasteiger partial charge in [-0.25, -0.2) is 9.37 Å². The van der Waals surface area contributed by atoms with Gasteiger partial charge >= 0.3 is 0 Å². The summed E-state index contributed by atoms with van der Waals surface area (Å²) in [6.07, 6.45) is 0. The lowest BCUT2D eigenvalue weighted by Gasteiger charge is -2.20. The Kier molecular flexibility index (Phi) is 6.79. The van der Waals surface area contributed by atoms with Gasteiger partial charge in [0.05, 0.1) is 24.0 Å². The normalized spacial score (nSPS) is 12.1. The zero-order valence-electron chi connectivity index (χ0n) is 15.7. The van der Waals surface area contributed by atoms with E-state index in [1.807, 2.05) is 50.2 Å². The Bertz CT molecular complexity index is 937. The predicted molar refractivity (Wildman–Crippen MR) is 119 cm³/mol. The molecule has 3 N–H and O–H groups in total. The highest BCUT2D eigenvalue weighted by molar-refractivity contribution is 14.1. The molecule has 0 unspecified atom stereocenters. The van der Waals surface area contributed by atoms with E-state index in [2.05, 4.69) is 43.2 Å². The number of aromatic nitrogens is 2. The van der Waals surface area contributed by atoms with Gasteiger partial charge in [0.1, 0.15) is 11.6 Å². The van der Waals surface area contributed by atoms with Crippen LogP contribution in [0, 0.1) is 15.3 Å². The maximum atomic E-state index is 14.3. The number of rotatable bonds is 7. The van der Waals surface area contributed by atoms with Crippen LogP contribution in [-0.2, 0) is 0 Å². The molecule has 0 radical (unpaired) electrons. The number of nitrogens with one attached hydrogen (secondary N) is 2. The molecule has 1 heterocycles. The van der Waals surface area contributed by atoms with Crippen molar-refractivity contribution >= 4 is 40.0 Å². The topological polar surface area (TPSA) is 70.1 Å². The van der Waals surface area contributed by atoms with Crippen molar-refractivity contribution < 1.29 is 9.50 Å². The van der Waals surface area contributed by atoms with Gasteiger partial charge in [-0.3, -0.25) is 0 Å². The third-order valence-electron chi connectivity index (χ3n) is 4.31. The summed E-state index contributed by atoms with van der Waals surface area (Å²) in [5, 5.41) is 15.8. The molecule has 0 bridgehead atoms. The molecule has 1 atom stereocenters. The number of hydrogen-bond donors (Lipinski definition) is 3. The van der Waals surface area contributed by atoms with E-state index in [9.17, 15) is 9.50 Å². The van der Waals surface area contributed by atoms with Crippen LogP contribution in [0.4, 0.5) is 21.8 Å². The minimum absolute atomic E-state index is 0.0366. The average Bonchev–Trinajstić information content (AvgIpc) is 2.68. The van der Waals surface area contributed by atoms with Gasteiger partial charge in [-0.2, -0.15) is 4.98 Å². The highest BCUT2D eigenvalue weighted by Crippen LogP contribution is 2.26. The molecule has 146 valence electrons. The molecule has 0 aliphatic rings. The highest BCUT2D eigenvalue weighted by Gasteiger charge is 2.15. The molecule has 0 aliphatic heterocycles. The molecular formula is C21H22FIN4O. The van der Waals surface area contributed by atoms with Crippen molar-refractivity contribution in [2.24, 2.45) is 5.92 Å². The van der Waals surface area contributed by atoms with Crippen LogP contribution in [0.25, 0.3) is 11.3 Å². The SMILES string of the molecule is CC(C)[C@H](CO)Nc1nc(Nc2ccc(I)cc2F)cc(-c2ccccc2)n1. The van der Waals surface area contributed by atoms with E-state index < -0.39 is 0 Å². The van der Waals surface area contributed by atoms with Gasteiger partial charge in [-0.1, -0.05) is 44.2 Å². The Hall–Kier alpha value is -2.26. The maximum Gasteiger partial charge on any atom is 0.225 e. The molecule has 0 amide bonds. The Morgan fingerprint density at radius 1 is 1.07 bits per heavy atom. The number of halogens is 2. The van der Waals surface area contributed by atoms with Gasteiger partial charge in [0, 0.05) is 15.2 Å². The smallest absolute Gasteiger partial charge is 0.225 e. The first kappa shape index (κ1) is 20.5. The number of anilines is 3. The fraction of sp³-hybridized carbons (Fsp3) is 0.238. The predicted octanol–water partition coefficient (Wildman–Crippen LogP) is 5.06. The Morgan fingerprint density at radius 2 is 1.82 bits per heavy atom. The second kappa shape index (κ2) is 9.29. The number of hydrogen-bond acceptors (Lipinski definition) is 5.